The maximum absolute atomic E-state index is 9.60. The van der Waals surface area contributed by atoms with Crippen molar-refractivity contribution in [3.63, 3.8) is 0 Å². The third-order valence-electron chi connectivity index (χ3n) is 2.77. The molecular weight excluding hydrogens is 174 g/mol. The van der Waals surface area contributed by atoms with Gasteiger partial charge in [0.2, 0.25) is 0 Å². The first-order valence-corrected chi connectivity index (χ1v) is 6.03. The Morgan fingerprint density at radius 3 is 2.21 bits per heavy atom. The van der Waals surface area contributed by atoms with Crippen molar-refractivity contribution in [3.8, 4) is 0 Å². The predicted molar refractivity (Wildman–Crippen MR) is 62.5 cm³/mol. The first kappa shape index (κ1) is 13.9. The van der Waals surface area contributed by atoms with E-state index in [1.165, 1.54) is 19.3 Å². The van der Waals surface area contributed by atoms with Gasteiger partial charge in [-0.05, 0) is 31.7 Å². The van der Waals surface area contributed by atoms with Gasteiger partial charge in [0.25, 0.3) is 0 Å². The molecule has 0 radical (unpaired) electrons. The minimum Gasteiger partial charge on any atom is -0.393 e. The van der Waals surface area contributed by atoms with Crippen LogP contribution in [-0.2, 0) is 0 Å². The molecule has 0 spiro atoms. The van der Waals surface area contributed by atoms with Crippen molar-refractivity contribution in [1.29, 1.82) is 0 Å². The van der Waals surface area contributed by atoms with E-state index < -0.39 is 0 Å². The molecule has 0 heterocycles. The molecule has 2 heteroatoms. The van der Waals surface area contributed by atoms with Gasteiger partial charge in [-0.15, -0.1) is 0 Å². The number of rotatable bonds is 8. The van der Waals surface area contributed by atoms with Gasteiger partial charge in [-0.1, -0.05) is 34.1 Å². The van der Waals surface area contributed by atoms with Crippen LogP contribution in [0.15, 0.2) is 0 Å². The van der Waals surface area contributed by atoms with Crippen molar-refractivity contribution >= 4 is 0 Å². The molecule has 2 nitrogen and oxygen atoms in total. The molecule has 2 unspecified atom stereocenters. The van der Waals surface area contributed by atoms with E-state index in [0.717, 1.165) is 13.0 Å². The second-order valence-corrected chi connectivity index (χ2v) is 4.45. The normalized spacial score (nSPS) is 15.9. The van der Waals surface area contributed by atoms with E-state index in [4.69, 9.17) is 0 Å². The molecule has 0 saturated heterocycles. The van der Waals surface area contributed by atoms with Crippen molar-refractivity contribution in [2.24, 2.45) is 5.92 Å². The molecule has 0 aliphatic rings. The van der Waals surface area contributed by atoms with Crippen molar-refractivity contribution in [1.82, 2.24) is 5.32 Å². The molecule has 0 rings (SSSR count). The highest BCUT2D eigenvalue weighted by Crippen LogP contribution is 2.06. The minimum absolute atomic E-state index is 0.151. The number of aliphatic hydroxyl groups excluding tert-OH is 1. The van der Waals surface area contributed by atoms with Gasteiger partial charge in [0.1, 0.15) is 0 Å². The maximum atomic E-state index is 9.60. The van der Waals surface area contributed by atoms with E-state index in [0.29, 0.717) is 12.0 Å². The fraction of sp³-hybridized carbons (Fsp3) is 1.00. The minimum atomic E-state index is -0.151. The topological polar surface area (TPSA) is 32.3 Å². The van der Waals surface area contributed by atoms with Gasteiger partial charge in [-0.2, -0.15) is 0 Å². The third kappa shape index (κ3) is 6.39. The molecule has 0 fully saturated rings. The summed E-state index contributed by atoms with van der Waals surface area (Å²) >= 11 is 0. The second-order valence-electron chi connectivity index (χ2n) is 4.45. The van der Waals surface area contributed by atoms with Gasteiger partial charge in [-0.3, -0.25) is 0 Å². The zero-order valence-electron chi connectivity index (χ0n) is 10.2. The predicted octanol–water partition coefficient (Wildman–Crippen LogP) is 2.56. The Morgan fingerprint density at radius 2 is 1.79 bits per heavy atom. The van der Waals surface area contributed by atoms with E-state index in [1.807, 2.05) is 0 Å². The van der Waals surface area contributed by atoms with Gasteiger partial charge in [0, 0.05) is 6.04 Å². The SMILES string of the molecule is CCCC(CC)NCCC(O)C(C)C. The Hall–Kier alpha value is -0.0800. The van der Waals surface area contributed by atoms with Gasteiger partial charge in [0.05, 0.1) is 6.10 Å². The standard InChI is InChI=1S/C12H27NO/c1-5-7-11(6-2)13-9-8-12(14)10(3)4/h10-14H,5-9H2,1-4H3. The quantitative estimate of drug-likeness (QED) is 0.632. The number of aliphatic hydroxyl groups is 1. The van der Waals surface area contributed by atoms with Crippen molar-refractivity contribution in [3.05, 3.63) is 0 Å². The Balaban J connectivity index is 3.50. The fourth-order valence-corrected chi connectivity index (χ4v) is 1.57. The molecule has 0 aliphatic heterocycles. The van der Waals surface area contributed by atoms with Crippen molar-refractivity contribution < 1.29 is 5.11 Å². The Bertz CT molecular complexity index is 125. The Morgan fingerprint density at radius 1 is 1.14 bits per heavy atom. The highest BCUT2D eigenvalue weighted by atomic mass is 16.3. The average molecular weight is 201 g/mol. The Labute approximate surface area is 89.1 Å². The first-order valence-electron chi connectivity index (χ1n) is 6.03. The molecular formula is C12H27NO. The van der Waals surface area contributed by atoms with Crippen LogP contribution in [0.3, 0.4) is 0 Å². The Kier molecular flexibility index (Phi) is 8.20. The summed E-state index contributed by atoms with van der Waals surface area (Å²) < 4.78 is 0. The lowest BCUT2D eigenvalue weighted by atomic mass is 10.0. The van der Waals surface area contributed by atoms with Gasteiger partial charge < -0.3 is 10.4 Å². The second kappa shape index (κ2) is 8.25. The third-order valence-corrected chi connectivity index (χ3v) is 2.77. The van der Waals surface area contributed by atoms with Crippen LogP contribution >= 0.6 is 0 Å². The summed E-state index contributed by atoms with van der Waals surface area (Å²) in [5, 5.41) is 13.1. The largest absolute Gasteiger partial charge is 0.393 e. The van der Waals surface area contributed by atoms with E-state index in [1.54, 1.807) is 0 Å². The molecule has 86 valence electrons. The average Bonchev–Trinajstić information content (AvgIpc) is 2.16. The number of hydrogen-bond acceptors (Lipinski definition) is 2. The number of hydrogen-bond donors (Lipinski definition) is 2. The zero-order valence-corrected chi connectivity index (χ0v) is 10.2. The summed E-state index contributed by atoms with van der Waals surface area (Å²) in [5.41, 5.74) is 0. The van der Waals surface area contributed by atoms with Crippen LogP contribution in [0.2, 0.25) is 0 Å². The van der Waals surface area contributed by atoms with Crippen LogP contribution in [-0.4, -0.2) is 23.8 Å². The smallest absolute Gasteiger partial charge is 0.0575 e. The van der Waals surface area contributed by atoms with Crippen LogP contribution in [0.25, 0.3) is 0 Å². The molecule has 0 aromatic heterocycles. The summed E-state index contributed by atoms with van der Waals surface area (Å²) in [6.45, 7) is 9.50. The first-order chi connectivity index (χ1) is 6.61. The molecule has 0 aromatic rings. The van der Waals surface area contributed by atoms with Crippen LogP contribution in [0.5, 0.6) is 0 Å². The van der Waals surface area contributed by atoms with Crippen LogP contribution in [0.4, 0.5) is 0 Å². The fourth-order valence-electron chi connectivity index (χ4n) is 1.57. The van der Waals surface area contributed by atoms with E-state index in [9.17, 15) is 5.11 Å². The van der Waals surface area contributed by atoms with E-state index in [-0.39, 0.29) is 6.10 Å². The lowest BCUT2D eigenvalue weighted by molar-refractivity contribution is 0.115. The maximum Gasteiger partial charge on any atom is 0.0575 e. The molecule has 0 aromatic carbocycles. The van der Waals surface area contributed by atoms with E-state index in [2.05, 4.69) is 33.0 Å². The molecule has 0 saturated carbocycles. The van der Waals surface area contributed by atoms with Gasteiger partial charge >= 0.3 is 0 Å². The zero-order chi connectivity index (χ0) is 11.0. The molecule has 0 amide bonds. The summed E-state index contributed by atoms with van der Waals surface area (Å²) in [6.07, 6.45) is 4.39. The van der Waals surface area contributed by atoms with Crippen LogP contribution in [0.1, 0.15) is 53.4 Å². The monoisotopic (exact) mass is 201 g/mol. The lowest BCUT2D eigenvalue weighted by Gasteiger charge is -2.19. The summed E-state index contributed by atoms with van der Waals surface area (Å²) in [7, 11) is 0. The van der Waals surface area contributed by atoms with E-state index >= 15 is 0 Å². The summed E-state index contributed by atoms with van der Waals surface area (Å²) in [5.74, 6) is 0.378. The van der Waals surface area contributed by atoms with Gasteiger partial charge in [0.15, 0.2) is 0 Å². The molecule has 2 N–H and O–H groups in total. The molecule has 2 atom stereocenters. The molecule has 0 bridgehead atoms. The van der Waals surface area contributed by atoms with Crippen molar-refractivity contribution in [2.45, 2.75) is 65.5 Å². The number of nitrogens with one attached hydrogen (secondary N) is 1. The van der Waals surface area contributed by atoms with Crippen LogP contribution < -0.4 is 5.32 Å². The highest BCUT2D eigenvalue weighted by molar-refractivity contribution is 4.67. The molecule has 0 aliphatic carbocycles. The van der Waals surface area contributed by atoms with Gasteiger partial charge in [-0.25, -0.2) is 0 Å². The lowest BCUT2D eigenvalue weighted by Crippen LogP contribution is -2.32. The molecule has 14 heavy (non-hydrogen) atoms. The van der Waals surface area contributed by atoms with Crippen molar-refractivity contribution in [2.75, 3.05) is 6.54 Å². The van der Waals surface area contributed by atoms with Crippen LogP contribution in [0, 0.1) is 5.92 Å². The summed E-state index contributed by atoms with van der Waals surface area (Å²) in [6, 6.07) is 0.638. The summed E-state index contributed by atoms with van der Waals surface area (Å²) in [4.78, 5) is 0. The highest BCUT2D eigenvalue weighted by Gasteiger charge is 2.09.